The van der Waals surface area contributed by atoms with E-state index in [-0.39, 0.29) is 0 Å². The van der Waals surface area contributed by atoms with E-state index in [4.69, 9.17) is 16.0 Å². The lowest BCUT2D eigenvalue weighted by Crippen LogP contribution is -2.31. The SMILES string of the molecule is Cc1oc(-c2cccc(Cl)c2)nc1CN1CCC(N(C)C)C1. The smallest absolute Gasteiger partial charge is 0.226 e. The van der Waals surface area contributed by atoms with Crippen LogP contribution in [0.3, 0.4) is 0 Å². The van der Waals surface area contributed by atoms with E-state index in [1.54, 1.807) is 0 Å². The summed E-state index contributed by atoms with van der Waals surface area (Å²) in [5.74, 6) is 1.54. The summed E-state index contributed by atoms with van der Waals surface area (Å²) in [4.78, 5) is 9.41. The van der Waals surface area contributed by atoms with Gasteiger partial charge in [-0.25, -0.2) is 4.98 Å². The Bertz CT molecular complexity index is 653. The fraction of sp³-hybridized carbons (Fsp3) is 0.471. The summed E-state index contributed by atoms with van der Waals surface area (Å²) in [6, 6.07) is 8.26. The van der Waals surface area contributed by atoms with Crippen molar-refractivity contribution in [1.82, 2.24) is 14.8 Å². The fourth-order valence-electron chi connectivity index (χ4n) is 2.91. The molecule has 22 heavy (non-hydrogen) atoms. The van der Waals surface area contributed by atoms with Crippen molar-refractivity contribution in [2.45, 2.75) is 25.9 Å². The number of halogens is 1. The van der Waals surface area contributed by atoms with Gasteiger partial charge in [-0.05, 0) is 45.6 Å². The number of rotatable bonds is 4. The van der Waals surface area contributed by atoms with Gasteiger partial charge in [0.25, 0.3) is 0 Å². The molecule has 2 heterocycles. The lowest BCUT2D eigenvalue weighted by atomic mass is 10.2. The standard InChI is InChI=1S/C17H22ClN3O/c1-12-16(11-21-8-7-15(10-21)20(2)3)19-17(22-12)13-5-4-6-14(18)9-13/h4-6,9,15H,7-8,10-11H2,1-3H3. The maximum Gasteiger partial charge on any atom is 0.226 e. The molecule has 1 aliphatic rings. The highest BCUT2D eigenvalue weighted by molar-refractivity contribution is 6.30. The zero-order valence-corrected chi connectivity index (χ0v) is 14.1. The van der Waals surface area contributed by atoms with Gasteiger partial charge in [0.1, 0.15) is 5.76 Å². The van der Waals surface area contributed by atoms with Crippen molar-refractivity contribution in [2.75, 3.05) is 27.2 Å². The van der Waals surface area contributed by atoms with Crippen LogP contribution in [0.5, 0.6) is 0 Å². The second-order valence-electron chi connectivity index (χ2n) is 6.17. The number of hydrogen-bond acceptors (Lipinski definition) is 4. The molecule has 0 spiro atoms. The number of benzene rings is 1. The molecular formula is C17H22ClN3O. The molecule has 0 aliphatic carbocycles. The second kappa shape index (κ2) is 6.41. The highest BCUT2D eigenvalue weighted by Gasteiger charge is 2.25. The molecule has 0 N–H and O–H groups in total. The molecule has 2 aromatic rings. The first-order valence-corrected chi connectivity index (χ1v) is 8.02. The number of aryl methyl sites for hydroxylation is 1. The Balaban J connectivity index is 1.73. The summed E-state index contributed by atoms with van der Waals surface area (Å²) in [7, 11) is 4.29. The van der Waals surface area contributed by atoms with Crippen molar-refractivity contribution in [3.8, 4) is 11.5 Å². The van der Waals surface area contributed by atoms with E-state index in [1.807, 2.05) is 31.2 Å². The Morgan fingerprint density at radius 2 is 2.23 bits per heavy atom. The molecule has 0 radical (unpaired) electrons. The van der Waals surface area contributed by atoms with Gasteiger partial charge in [0.05, 0.1) is 5.69 Å². The van der Waals surface area contributed by atoms with Gasteiger partial charge < -0.3 is 9.32 Å². The first-order chi connectivity index (χ1) is 10.5. The zero-order valence-electron chi connectivity index (χ0n) is 13.3. The number of hydrogen-bond donors (Lipinski definition) is 0. The third-order valence-corrected chi connectivity index (χ3v) is 4.55. The number of likely N-dealkylation sites (tertiary alicyclic amines) is 1. The minimum atomic E-state index is 0.639. The zero-order chi connectivity index (χ0) is 15.7. The van der Waals surface area contributed by atoms with Crippen molar-refractivity contribution >= 4 is 11.6 Å². The van der Waals surface area contributed by atoms with Crippen LogP contribution in [-0.4, -0.2) is 48.0 Å². The molecule has 4 nitrogen and oxygen atoms in total. The predicted octanol–water partition coefficient (Wildman–Crippen LogP) is 3.44. The normalized spacial score (nSPS) is 19.2. The second-order valence-corrected chi connectivity index (χ2v) is 6.61. The van der Waals surface area contributed by atoms with Crippen LogP contribution in [0.25, 0.3) is 11.5 Å². The summed E-state index contributed by atoms with van der Waals surface area (Å²) in [6.45, 7) is 5.03. The molecule has 1 aromatic heterocycles. The molecule has 0 amide bonds. The summed E-state index contributed by atoms with van der Waals surface area (Å²) in [5.41, 5.74) is 1.95. The fourth-order valence-corrected chi connectivity index (χ4v) is 3.10. The highest BCUT2D eigenvalue weighted by atomic mass is 35.5. The third-order valence-electron chi connectivity index (χ3n) is 4.32. The van der Waals surface area contributed by atoms with Crippen molar-refractivity contribution in [2.24, 2.45) is 0 Å². The lowest BCUT2D eigenvalue weighted by molar-refractivity contribution is 0.262. The molecule has 1 atom stereocenters. The topological polar surface area (TPSA) is 32.5 Å². The average Bonchev–Trinajstić information content (AvgIpc) is 3.07. The minimum Gasteiger partial charge on any atom is -0.441 e. The van der Waals surface area contributed by atoms with Gasteiger partial charge in [-0.1, -0.05) is 17.7 Å². The molecule has 0 saturated carbocycles. The predicted molar refractivity (Wildman–Crippen MR) is 89.1 cm³/mol. The Kier molecular flexibility index (Phi) is 4.52. The van der Waals surface area contributed by atoms with Crippen LogP contribution in [-0.2, 0) is 6.54 Å². The van der Waals surface area contributed by atoms with Crippen LogP contribution in [0.2, 0.25) is 5.02 Å². The summed E-state index contributed by atoms with van der Waals surface area (Å²) in [6.07, 6.45) is 1.21. The Morgan fingerprint density at radius 1 is 1.41 bits per heavy atom. The largest absolute Gasteiger partial charge is 0.441 e. The van der Waals surface area contributed by atoms with Crippen LogP contribution in [0.15, 0.2) is 28.7 Å². The van der Waals surface area contributed by atoms with Crippen molar-refractivity contribution < 1.29 is 4.42 Å². The van der Waals surface area contributed by atoms with Crippen molar-refractivity contribution in [3.63, 3.8) is 0 Å². The minimum absolute atomic E-state index is 0.639. The van der Waals surface area contributed by atoms with Crippen LogP contribution >= 0.6 is 11.6 Å². The van der Waals surface area contributed by atoms with Gasteiger partial charge in [-0.15, -0.1) is 0 Å². The first-order valence-electron chi connectivity index (χ1n) is 7.64. The van der Waals surface area contributed by atoms with Crippen LogP contribution < -0.4 is 0 Å². The molecule has 1 fully saturated rings. The van der Waals surface area contributed by atoms with E-state index in [9.17, 15) is 0 Å². The molecule has 3 rings (SSSR count). The maximum absolute atomic E-state index is 6.04. The van der Waals surface area contributed by atoms with Crippen molar-refractivity contribution in [3.05, 3.63) is 40.7 Å². The molecular weight excluding hydrogens is 298 g/mol. The Morgan fingerprint density at radius 3 is 2.91 bits per heavy atom. The third kappa shape index (κ3) is 3.35. The highest BCUT2D eigenvalue weighted by Crippen LogP contribution is 2.25. The average molecular weight is 320 g/mol. The van der Waals surface area contributed by atoms with Crippen LogP contribution in [0.1, 0.15) is 17.9 Å². The number of nitrogens with zero attached hydrogens (tertiary/aromatic N) is 3. The van der Waals surface area contributed by atoms with Crippen LogP contribution in [0, 0.1) is 6.92 Å². The van der Waals surface area contributed by atoms with Crippen molar-refractivity contribution in [1.29, 1.82) is 0 Å². The van der Waals surface area contributed by atoms with E-state index >= 15 is 0 Å². The molecule has 1 saturated heterocycles. The summed E-state index contributed by atoms with van der Waals surface area (Å²) in [5, 5.41) is 0.697. The van der Waals surface area contributed by atoms with E-state index in [0.29, 0.717) is 17.0 Å². The Labute approximate surface area is 136 Å². The van der Waals surface area contributed by atoms with E-state index in [0.717, 1.165) is 36.7 Å². The summed E-state index contributed by atoms with van der Waals surface area (Å²) < 4.78 is 5.83. The Hall–Kier alpha value is -1.36. The van der Waals surface area contributed by atoms with Gasteiger partial charge in [-0.2, -0.15) is 0 Å². The van der Waals surface area contributed by atoms with Gasteiger partial charge in [0.15, 0.2) is 0 Å². The molecule has 1 unspecified atom stereocenters. The molecule has 5 heteroatoms. The van der Waals surface area contributed by atoms with Crippen LogP contribution in [0.4, 0.5) is 0 Å². The summed E-state index contributed by atoms with van der Waals surface area (Å²) >= 11 is 6.04. The maximum atomic E-state index is 6.04. The van der Waals surface area contributed by atoms with Gasteiger partial charge in [0, 0.05) is 36.3 Å². The van der Waals surface area contributed by atoms with E-state index in [2.05, 4.69) is 28.9 Å². The monoisotopic (exact) mass is 319 g/mol. The number of aromatic nitrogens is 1. The van der Waals surface area contributed by atoms with Gasteiger partial charge in [0.2, 0.25) is 5.89 Å². The molecule has 0 bridgehead atoms. The number of oxazole rings is 1. The van der Waals surface area contributed by atoms with Gasteiger partial charge >= 0.3 is 0 Å². The number of likely N-dealkylation sites (N-methyl/N-ethyl adjacent to an activating group) is 1. The van der Waals surface area contributed by atoms with E-state index in [1.165, 1.54) is 6.42 Å². The quantitative estimate of drug-likeness (QED) is 0.864. The first kappa shape index (κ1) is 15.5. The molecule has 1 aliphatic heterocycles. The molecule has 118 valence electrons. The van der Waals surface area contributed by atoms with Gasteiger partial charge in [-0.3, -0.25) is 4.90 Å². The lowest BCUT2D eigenvalue weighted by Gasteiger charge is -2.19. The molecule has 1 aromatic carbocycles. The van der Waals surface area contributed by atoms with E-state index < -0.39 is 0 Å².